The van der Waals surface area contributed by atoms with Gasteiger partial charge in [0.2, 0.25) is 0 Å². The Kier molecular flexibility index (Phi) is 4.07. The molecule has 0 atom stereocenters. The molecule has 0 saturated carbocycles. The third-order valence-electron chi connectivity index (χ3n) is 1.88. The van der Waals surface area contributed by atoms with Crippen LogP contribution in [0.5, 0.6) is 5.75 Å². The summed E-state index contributed by atoms with van der Waals surface area (Å²) in [6.45, 7) is 1.49. The number of hydrogen-bond acceptors (Lipinski definition) is 2. The third-order valence-corrected chi connectivity index (χ3v) is 2.63. The van der Waals surface area contributed by atoms with E-state index in [-0.39, 0.29) is 11.5 Å². The van der Waals surface area contributed by atoms with Crippen LogP contribution in [0.2, 0.25) is 0 Å². The molecule has 16 heavy (non-hydrogen) atoms. The minimum atomic E-state index is -4.61. The lowest BCUT2D eigenvalue weighted by Gasteiger charge is -2.15. The fourth-order valence-corrected chi connectivity index (χ4v) is 1.68. The van der Waals surface area contributed by atoms with E-state index in [2.05, 4.69) is 0 Å². The molecular formula is C10H10F4OS. The van der Waals surface area contributed by atoms with Crippen molar-refractivity contribution in [3.63, 3.8) is 0 Å². The molecule has 1 aromatic rings. The highest BCUT2D eigenvalue weighted by molar-refractivity contribution is 7.98. The van der Waals surface area contributed by atoms with Gasteiger partial charge in [0.1, 0.15) is 5.56 Å². The van der Waals surface area contributed by atoms with E-state index in [9.17, 15) is 17.6 Å². The van der Waals surface area contributed by atoms with Gasteiger partial charge in [-0.3, -0.25) is 0 Å². The molecule has 1 aromatic carbocycles. The molecule has 0 spiro atoms. The molecule has 0 aliphatic carbocycles. The van der Waals surface area contributed by atoms with E-state index in [0.29, 0.717) is 0 Å². The highest BCUT2D eigenvalue weighted by atomic mass is 32.2. The van der Waals surface area contributed by atoms with Gasteiger partial charge in [0.25, 0.3) is 0 Å². The first-order valence-electron chi connectivity index (χ1n) is 4.48. The number of ether oxygens (including phenoxy) is 1. The van der Waals surface area contributed by atoms with Crippen molar-refractivity contribution in [1.29, 1.82) is 0 Å². The molecule has 0 saturated heterocycles. The van der Waals surface area contributed by atoms with Crippen LogP contribution in [0.4, 0.5) is 17.6 Å². The molecule has 0 fully saturated rings. The molecule has 1 nitrogen and oxygen atoms in total. The van der Waals surface area contributed by atoms with Gasteiger partial charge in [0.15, 0.2) is 11.6 Å². The van der Waals surface area contributed by atoms with Crippen molar-refractivity contribution in [2.75, 3.05) is 12.9 Å². The lowest BCUT2D eigenvalue weighted by molar-refractivity contribution is -0.139. The molecule has 0 N–H and O–H groups in total. The van der Waals surface area contributed by atoms with E-state index in [1.807, 2.05) is 0 Å². The van der Waals surface area contributed by atoms with Gasteiger partial charge in [-0.1, -0.05) is 0 Å². The normalized spacial score (nSPS) is 11.6. The Morgan fingerprint density at radius 2 is 1.94 bits per heavy atom. The van der Waals surface area contributed by atoms with Gasteiger partial charge in [-0.15, -0.1) is 11.8 Å². The molecule has 0 radical (unpaired) electrons. The average Bonchev–Trinajstić information content (AvgIpc) is 2.19. The van der Waals surface area contributed by atoms with Gasteiger partial charge in [-0.05, 0) is 25.3 Å². The highest BCUT2D eigenvalue weighted by Gasteiger charge is 2.36. The molecule has 6 heteroatoms. The summed E-state index contributed by atoms with van der Waals surface area (Å²) in [5, 5.41) is 0. The maximum atomic E-state index is 13.6. The zero-order valence-electron chi connectivity index (χ0n) is 8.69. The minimum absolute atomic E-state index is 0.0160. The van der Waals surface area contributed by atoms with Gasteiger partial charge >= 0.3 is 6.18 Å². The summed E-state index contributed by atoms with van der Waals surface area (Å²) in [4.78, 5) is 0.136. The predicted octanol–water partition coefficient (Wildman–Crippen LogP) is 3.97. The minimum Gasteiger partial charge on any atom is -0.490 e. The average molecular weight is 254 g/mol. The van der Waals surface area contributed by atoms with Crippen LogP contribution >= 0.6 is 11.8 Å². The summed E-state index contributed by atoms with van der Waals surface area (Å²) in [6, 6.07) is 1.94. The third kappa shape index (κ3) is 2.61. The zero-order chi connectivity index (χ0) is 12.3. The highest BCUT2D eigenvalue weighted by Crippen LogP contribution is 2.40. The van der Waals surface area contributed by atoms with Crippen molar-refractivity contribution in [3.05, 3.63) is 23.5 Å². The van der Waals surface area contributed by atoms with Crippen LogP contribution in [0.3, 0.4) is 0 Å². The lowest BCUT2D eigenvalue weighted by Crippen LogP contribution is -2.10. The van der Waals surface area contributed by atoms with E-state index >= 15 is 0 Å². The topological polar surface area (TPSA) is 9.23 Å². The van der Waals surface area contributed by atoms with Crippen molar-refractivity contribution in [3.8, 4) is 5.75 Å². The van der Waals surface area contributed by atoms with Crippen molar-refractivity contribution in [2.24, 2.45) is 0 Å². The van der Waals surface area contributed by atoms with Crippen molar-refractivity contribution in [1.82, 2.24) is 0 Å². The Bertz CT molecular complexity index is 376. The van der Waals surface area contributed by atoms with Gasteiger partial charge in [0, 0.05) is 4.90 Å². The molecule has 0 aliphatic rings. The Balaban J connectivity index is 3.34. The number of hydrogen-bond donors (Lipinski definition) is 0. The molecule has 0 aromatic heterocycles. The van der Waals surface area contributed by atoms with Crippen LogP contribution in [-0.4, -0.2) is 12.9 Å². The van der Waals surface area contributed by atoms with Crippen LogP contribution in [0.15, 0.2) is 17.0 Å². The van der Waals surface area contributed by atoms with Crippen LogP contribution in [0.1, 0.15) is 12.5 Å². The van der Waals surface area contributed by atoms with E-state index in [1.54, 1.807) is 6.26 Å². The molecule has 0 amide bonds. The summed E-state index contributed by atoms with van der Waals surface area (Å²) >= 11 is 1.03. The molecule has 0 unspecified atom stereocenters. The number of rotatable bonds is 3. The second-order valence-corrected chi connectivity index (χ2v) is 3.74. The predicted molar refractivity (Wildman–Crippen MR) is 54.4 cm³/mol. The molecule has 0 aliphatic heterocycles. The first-order valence-corrected chi connectivity index (χ1v) is 5.70. The smallest absolute Gasteiger partial charge is 0.420 e. The van der Waals surface area contributed by atoms with Crippen molar-refractivity contribution in [2.45, 2.75) is 18.0 Å². The fourth-order valence-electron chi connectivity index (χ4n) is 1.20. The summed E-state index contributed by atoms with van der Waals surface area (Å²) in [5.74, 6) is -1.67. The van der Waals surface area contributed by atoms with Gasteiger partial charge in [-0.25, -0.2) is 4.39 Å². The quantitative estimate of drug-likeness (QED) is 0.596. The standard InChI is InChI=1S/C10H10F4OS/c1-3-15-9-6(10(12,13)14)4-5-7(16-2)8(9)11/h4-5H,3H2,1-2H3. The van der Waals surface area contributed by atoms with Crippen molar-refractivity contribution < 1.29 is 22.3 Å². The summed E-state index contributed by atoms with van der Waals surface area (Å²) in [6.07, 6.45) is -3.02. The lowest BCUT2D eigenvalue weighted by atomic mass is 10.2. The molecule has 90 valence electrons. The fraction of sp³-hybridized carbons (Fsp3) is 0.400. The van der Waals surface area contributed by atoms with E-state index in [1.165, 1.54) is 6.92 Å². The number of alkyl halides is 3. The number of halogens is 4. The van der Waals surface area contributed by atoms with Crippen LogP contribution in [0.25, 0.3) is 0 Å². The van der Waals surface area contributed by atoms with Gasteiger partial charge < -0.3 is 4.74 Å². The van der Waals surface area contributed by atoms with Crippen molar-refractivity contribution >= 4 is 11.8 Å². The first kappa shape index (κ1) is 13.2. The summed E-state index contributed by atoms with van der Waals surface area (Å²) < 4.78 is 55.9. The van der Waals surface area contributed by atoms with Crippen LogP contribution < -0.4 is 4.74 Å². The molecular weight excluding hydrogens is 244 g/mol. The van der Waals surface area contributed by atoms with Gasteiger partial charge in [0.05, 0.1) is 6.61 Å². The summed E-state index contributed by atoms with van der Waals surface area (Å²) in [5.41, 5.74) is -1.08. The molecule has 1 rings (SSSR count). The zero-order valence-corrected chi connectivity index (χ0v) is 9.51. The van der Waals surface area contributed by atoms with E-state index in [4.69, 9.17) is 4.74 Å². The van der Waals surface area contributed by atoms with E-state index < -0.39 is 23.3 Å². The SMILES string of the molecule is CCOc1c(C(F)(F)F)ccc(SC)c1F. The first-order chi connectivity index (χ1) is 7.41. The maximum absolute atomic E-state index is 13.6. The molecule has 0 heterocycles. The largest absolute Gasteiger partial charge is 0.490 e. The monoisotopic (exact) mass is 254 g/mol. The Labute approximate surface area is 94.8 Å². The van der Waals surface area contributed by atoms with E-state index in [0.717, 1.165) is 23.9 Å². The van der Waals surface area contributed by atoms with Crippen LogP contribution in [-0.2, 0) is 6.18 Å². The Morgan fingerprint density at radius 1 is 1.31 bits per heavy atom. The number of benzene rings is 1. The maximum Gasteiger partial charge on any atom is 0.420 e. The second kappa shape index (κ2) is 4.95. The second-order valence-electron chi connectivity index (χ2n) is 2.89. The Morgan fingerprint density at radius 3 is 2.38 bits per heavy atom. The van der Waals surface area contributed by atoms with Gasteiger partial charge in [-0.2, -0.15) is 13.2 Å². The molecule has 0 bridgehead atoms. The Hall–Kier alpha value is -0.910. The summed E-state index contributed by atoms with van der Waals surface area (Å²) in [7, 11) is 0. The van der Waals surface area contributed by atoms with Crippen LogP contribution in [0, 0.1) is 5.82 Å². The number of thioether (sulfide) groups is 1.